The molecule has 4 rings (SSSR count). The first kappa shape index (κ1) is 25.8. The Morgan fingerprint density at radius 3 is 2.43 bits per heavy atom. The maximum atomic E-state index is 13.6. The minimum absolute atomic E-state index is 0. The molecule has 0 spiro atoms. The van der Waals surface area contributed by atoms with Crippen LogP contribution in [-0.4, -0.2) is 55.6 Å². The summed E-state index contributed by atoms with van der Waals surface area (Å²) < 4.78 is 5.50. The number of Topliss-reactive ketones (excluding diaryl/α,β-unsaturated/α-hetero) is 2. The molecular formula is C22H21ClN2O10. The first-order valence-electron chi connectivity index (χ1n) is 10.4. The van der Waals surface area contributed by atoms with E-state index >= 15 is 0 Å². The number of ether oxygens (including phenoxy) is 1. The predicted molar refractivity (Wildman–Crippen MR) is 111 cm³/mol. The van der Waals surface area contributed by atoms with Crippen LogP contribution < -0.4 is 23.3 Å². The summed E-state index contributed by atoms with van der Waals surface area (Å²) in [5.41, 5.74) is 0.541. The number of fused-ring (bicyclic) bond motifs is 3. The van der Waals surface area contributed by atoms with Crippen LogP contribution >= 0.6 is 0 Å². The van der Waals surface area contributed by atoms with Gasteiger partial charge in [0.1, 0.15) is 23.2 Å². The summed E-state index contributed by atoms with van der Waals surface area (Å²) >= 11 is 0. The number of aliphatic hydroxyl groups excluding tert-OH is 2. The second-order valence-corrected chi connectivity index (χ2v) is 8.40. The number of rotatable bonds is 4. The van der Waals surface area contributed by atoms with Gasteiger partial charge in [0.25, 0.3) is 11.6 Å². The normalized spacial score (nSPS) is 27.3. The number of phenolic OH excluding ortho intramolecular Hbond substituents is 1. The molecule has 0 bridgehead atoms. The minimum Gasteiger partial charge on any atom is -1.00 e. The molecule has 12 nitrogen and oxygen atoms in total. The first-order chi connectivity index (χ1) is 16.0. The van der Waals surface area contributed by atoms with Crippen LogP contribution in [0.3, 0.4) is 0 Å². The third-order valence-electron chi connectivity index (χ3n) is 6.68. The lowest BCUT2D eigenvalue weighted by Crippen LogP contribution is -3.00. The molecule has 1 saturated carbocycles. The molecule has 0 radical (unpaired) electrons. The number of aliphatic hydroxyl groups is 3. The molecule has 35 heavy (non-hydrogen) atoms. The standard InChI is InChI=1S/C22H20N2O10.ClH/c1-2-12(26)34-18-8-5-7-3-4-10(24-33)16(27)13(7)17(28)14(8)19(29)22(32)9(18)6-11(25)15(20(22)30)21(23)31;/h3-4,8-9,18,27-28,30,32H,2,5-6H2,1H3,(H2,23,31);1H/t8-,9-,18+,22+;/m1./s1. The van der Waals surface area contributed by atoms with Crippen molar-refractivity contribution in [3.63, 3.8) is 0 Å². The summed E-state index contributed by atoms with van der Waals surface area (Å²) in [6.07, 6.45) is -2.19. The second kappa shape index (κ2) is 8.78. The summed E-state index contributed by atoms with van der Waals surface area (Å²) in [4.78, 5) is 61.3. The molecule has 13 heteroatoms. The fraction of sp³-hybridized carbons (Fsp3) is 0.364. The fourth-order valence-electron chi connectivity index (χ4n) is 5.07. The van der Waals surface area contributed by atoms with E-state index in [1.807, 2.05) is 0 Å². The monoisotopic (exact) mass is 508 g/mol. The highest BCUT2D eigenvalue weighted by atomic mass is 35.5. The number of carbonyl (C=O) groups is 4. The molecule has 0 aromatic heterocycles. The van der Waals surface area contributed by atoms with Crippen molar-refractivity contribution < 1.29 is 61.9 Å². The quantitative estimate of drug-likeness (QED) is 0.131. The van der Waals surface area contributed by atoms with E-state index in [4.69, 9.17) is 10.5 Å². The molecule has 1 aromatic rings. The second-order valence-electron chi connectivity index (χ2n) is 8.40. The molecule has 0 aliphatic heterocycles. The maximum Gasteiger partial charge on any atom is 0.305 e. The van der Waals surface area contributed by atoms with Gasteiger partial charge in [0.15, 0.2) is 11.4 Å². The number of nitrogens with one attached hydrogen (secondary N) is 1. The topological polar surface area (TPSA) is 215 Å². The molecule has 3 aliphatic rings. The van der Waals surface area contributed by atoms with Gasteiger partial charge in [0, 0.05) is 46.4 Å². The molecule has 0 unspecified atom stereocenters. The number of esters is 1. The van der Waals surface area contributed by atoms with Crippen molar-refractivity contribution in [1.82, 2.24) is 0 Å². The van der Waals surface area contributed by atoms with Gasteiger partial charge in [-0.3, -0.25) is 19.2 Å². The highest BCUT2D eigenvalue weighted by Gasteiger charge is 2.65. The summed E-state index contributed by atoms with van der Waals surface area (Å²) in [7, 11) is 0. The SMILES string of the molecule is CCC(=O)O[C@H]1[C@@H]2Cc3ccc([NH+]=O)c(O)c3C(O)=C2C(=O)[C@]2(O)C(O)=C(C(N)=O)C(=O)C[C@H]12.[Cl-]. The Balaban J connectivity index is 0.00000342. The van der Waals surface area contributed by atoms with Gasteiger partial charge < -0.3 is 43.3 Å². The number of hydrogen-bond donors (Lipinski definition) is 6. The summed E-state index contributed by atoms with van der Waals surface area (Å²) in [5.74, 6) is -9.62. The molecule has 3 aliphatic carbocycles. The van der Waals surface area contributed by atoms with Gasteiger partial charge in [-0.1, -0.05) is 13.0 Å². The number of nitroso groups, excluding NO2 is 1. The zero-order valence-electron chi connectivity index (χ0n) is 18.2. The van der Waals surface area contributed by atoms with E-state index in [-0.39, 0.29) is 36.5 Å². The minimum atomic E-state index is -2.92. The van der Waals surface area contributed by atoms with Crippen LogP contribution in [0.2, 0.25) is 0 Å². The van der Waals surface area contributed by atoms with E-state index in [1.165, 1.54) is 24.2 Å². The number of carbonyl (C=O) groups excluding carboxylic acids is 4. The zero-order chi connectivity index (χ0) is 25.1. The van der Waals surface area contributed by atoms with Gasteiger partial charge in [-0.25, -0.2) is 0 Å². The van der Waals surface area contributed by atoms with E-state index in [0.717, 1.165) is 0 Å². The average molecular weight is 509 g/mol. The van der Waals surface area contributed by atoms with Gasteiger partial charge >= 0.3 is 5.97 Å². The molecule has 7 N–H and O–H groups in total. The van der Waals surface area contributed by atoms with E-state index in [0.29, 0.717) is 5.56 Å². The lowest BCUT2D eigenvalue weighted by atomic mass is 9.57. The van der Waals surface area contributed by atoms with Crippen LogP contribution in [0.25, 0.3) is 5.76 Å². The maximum absolute atomic E-state index is 13.6. The number of halogens is 1. The smallest absolute Gasteiger partial charge is 0.305 e. The highest BCUT2D eigenvalue weighted by Crippen LogP contribution is 2.53. The Labute approximate surface area is 203 Å². The molecular weight excluding hydrogens is 488 g/mol. The summed E-state index contributed by atoms with van der Waals surface area (Å²) in [5, 5.41) is 45.1. The van der Waals surface area contributed by atoms with Gasteiger partial charge in [-0.2, -0.15) is 0 Å². The van der Waals surface area contributed by atoms with Crippen LogP contribution in [0.15, 0.2) is 29.0 Å². The summed E-state index contributed by atoms with van der Waals surface area (Å²) in [6.45, 7) is 1.50. The van der Waals surface area contributed by atoms with Crippen molar-refractivity contribution in [2.24, 2.45) is 17.6 Å². The van der Waals surface area contributed by atoms with Crippen LogP contribution in [-0.2, 0) is 30.3 Å². The molecule has 1 amide bonds. The molecule has 0 saturated heterocycles. The van der Waals surface area contributed by atoms with Gasteiger partial charge in [-0.15, -0.1) is 0 Å². The Morgan fingerprint density at radius 1 is 1.20 bits per heavy atom. The molecule has 186 valence electrons. The largest absolute Gasteiger partial charge is 1.00 e. The average Bonchev–Trinajstić information content (AvgIpc) is 2.78. The van der Waals surface area contributed by atoms with Crippen molar-refractivity contribution in [2.45, 2.75) is 37.9 Å². The fourth-order valence-corrected chi connectivity index (χ4v) is 5.07. The third-order valence-corrected chi connectivity index (χ3v) is 6.68. The van der Waals surface area contributed by atoms with Gasteiger partial charge in [0.05, 0.1) is 5.56 Å². The number of hydrogen-bond acceptors (Lipinski definition) is 10. The number of ketones is 2. The number of amides is 1. The lowest BCUT2D eigenvalue weighted by Gasteiger charge is -2.49. The Bertz CT molecular complexity index is 1250. The third kappa shape index (κ3) is 3.48. The van der Waals surface area contributed by atoms with Crippen molar-refractivity contribution in [2.75, 3.05) is 0 Å². The van der Waals surface area contributed by atoms with E-state index < -0.39 is 81.8 Å². The van der Waals surface area contributed by atoms with Crippen LogP contribution in [0.1, 0.15) is 30.9 Å². The Kier molecular flexibility index (Phi) is 6.49. The molecule has 1 fully saturated rings. The van der Waals surface area contributed by atoms with Gasteiger partial charge in [-0.05, 0) is 12.0 Å². The van der Waals surface area contributed by atoms with Crippen molar-refractivity contribution >= 4 is 34.9 Å². The molecule has 0 heterocycles. The molecule has 1 aromatic carbocycles. The Hall–Kier alpha value is -3.77. The zero-order valence-corrected chi connectivity index (χ0v) is 19.0. The van der Waals surface area contributed by atoms with Crippen molar-refractivity contribution in [3.8, 4) is 5.75 Å². The van der Waals surface area contributed by atoms with Crippen LogP contribution in [0.4, 0.5) is 5.69 Å². The van der Waals surface area contributed by atoms with Gasteiger partial charge in [0.2, 0.25) is 11.5 Å². The highest BCUT2D eigenvalue weighted by molar-refractivity contribution is 6.23. The number of phenols is 1. The predicted octanol–water partition coefficient (Wildman–Crippen LogP) is -4.16. The first-order valence-corrected chi connectivity index (χ1v) is 10.4. The number of primary amides is 1. The number of nitrogens with two attached hydrogens (primary N) is 1. The van der Waals surface area contributed by atoms with E-state index in [9.17, 15) is 44.5 Å². The van der Waals surface area contributed by atoms with Crippen LogP contribution in [0.5, 0.6) is 5.75 Å². The molecule has 4 atom stereocenters. The van der Waals surface area contributed by atoms with E-state index in [2.05, 4.69) is 0 Å². The number of benzene rings is 1. The van der Waals surface area contributed by atoms with Crippen molar-refractivity contribution in [1.29, 1.82) is 0 Å². The lowest BCUT2D eigenvalue weighted by molar-refractivity contribution is -0.380. The number of aromatic hydroxyl groups is 1. The Morgan fingerprint density at radius 2 is 1.86 bits per heavy atom. The van der Waals surface area contributed by atoms with E-state index in [1.54, 1.807) is 0 Å². The van der Waals surface area contributed by atoms with Crippen molar-refractivity contribution in [3.05, 3.63) is 45.1 Å². The summed E-state index contributed by atoms with van der Waals surface area (Å²) in [6, 6.07) is 2.67. The van der Waals surface area contributed by atoms with Crippen LogP contribution in [0, 0.1) is 16.7 Å².